The van der Waals surface area contributed by atoms with Crippen molar-refractivity contribution in [1.29, 1.82) is 0 Å². The molecule has 1 heterocycles. The third kappa shape index (κ3) is 2.50. The van der Waals surface area contributed by atoms with Gasteiger partial charge >= 0.3 is 0 Å². The highest BCUT2D eigenvalue weighted by Crippen LogP contribution is 2.44. The molecule has 1 saturated heterocycles. The maximum atomic E-state index is 13.3. The first-order valence-corrected chi connectivity index (χ1v) is 6.55. The number of hydrogen-bond donors (Lipinski definition) is 1. The van der Waals surface area contributed by atoms with Crippen molar-refractivity contribution in [2.75, 3.05) is 26.2 Å². The van der Waals surface area contributed by atoms with E-state index in [1.165, 1.54) is 18.9 Å². The Morgan fingerprint density at radius 2 is 2.00 bits per heavy atom. The van der Waals surface area contributed by atoms with E-state index in [1.54, 1.807) is 6.07 Å². The van der Waals surface area contributed by atoms with Crippen LogP contribution in [0.15, 0.2) is 24.3 Å². The molecule has 1 aromatic carbocycles. The average Bonchev–Trinajstić information content (AvgIpc) is 3.15. The summed E-state index contributed by atoms with van der Waals surface area (Å²) in [4.78, 5) is 2.52. The molecule has 2 fully saturated rings. The summed E-state index contributed by atoms with van der Waals surface area (Å²) < 4.78 is 13.3. The first-order valence-electron chi connectivity index (χ1n) is 6.55. The van der Waals surface area contributed by atoms with Crippen molar-refractivity contribution in [2.24, 2.45) is 5.92 Å². The van der Waals surface area contributed by atoms with E-state index in [4.69, 9.17) is 0 Å². The average molecular weight is 234 g/mol. The van der Waals surface area contributed by atoms with Crippen LogP contribution in [0.5, 0.6) is 0 Å². The second-order valence-corrected chi connectivity index (χ2v) is 5.12. The fourth-order valence-corrected chi connectivity index (χ4v) is 2.84. The summed E-state index contributed by atoms with van der Waals surface area (Å²) in [6.45, 7) is 4.27. The summed E-state index contributed by atoms with van der Waals surface area (Å²) in [5, 5.41) is 3.38. The van der Waals surface area contributed by atoms with Gasteiger partial charge in [0, 0.05) is 32.2 Å². The highest BCUT2D eigenvalue weighted by molar-refractivity contribution is 5.22. The van der Waals surface area contributed by atoms with Crippen molar-refractivity contribution >= 4 is 0 Å². The Morgan fingerprint density at radius 3 is 2.65 bits per heavy atom. The van der Waals surface area contributed by atoms with Crippen molar-refractivity contribution in [3.63, 3.8) is 0 Å². The lowest BCUT2D eigenvalue weighted by atomic mass is 10.00. The lowest BCUT2D eigenvalue weighted by molar-refractivity contribution is 0.156. The summed E-state index contributed by atoms with van der Waals surface area (Å²) in [6, 6.07) is 7.60. The molecule has 0 aromatic heterocycles. The van der Waals surface area contributed by atoms with Crippen molar-refractivity contribution < 1.29 is 4.39 Å². The summed E-state index contributed by atoms with van der Waals surface area (Å²) in [5.41, 5.74) is 1.16. The third-order valence-electron chi connectivity index (χ3n) is 3.80. The zero-order valence-corrected chi connectivity index (χ0v) is 10.0. The summed E-state index contributed by atoms with van der Waals surface area (Å²) in [5.74, 6) is 0.637. The fraction of sp³-hybridized carbons (Fsp3) is 0.571. The summed E-state index contributed by atoms with van der Waals surface area (Å²) in [7, 11) is 0. The Kier molecular flexibility index (Phi) is 3.12. The maximum absolute atomic E-state index is 13.3. The van der Waals surface area contributed by atoms with Gasteiger partial charge in [0.25, 0.3) is 0 Å². The molecule has 0 spiro atoms. The Labute approximate surface area is 102 Å². The standard InChI is InChI=1S/C14H19FN2/c15-13-3-1-2-12(10-13)14(11-4-5-11)17-8-6-16-7-9-17/h1-3,10-11,14,16H,4-9H2/t14-/m0/s1. The summed E-state index contributed by atoms with van der Waals surface area (Å²) >= 11 is 0. The Morgan fingerprint density at radius 1 is 1.24 bits per heavy atom. The minimum absolute atomic E-state index is 0.108. The highest BCUT2D eigenvalue weighted by Gasteiger charge is 2.36. The molecule has 1 aromatic rings. The molecule has 1 atom stereocenters. The molecular formula is C14H19FN2. The van der Waals surface area contributed by atoms with E-state index in [2.05, 4.69) is 16.3 Å². The second-order valence-electron chi connectivity index (χ2n) is 5.12. The molecule has 0 bridgehead atoms. The van der Waals surface area contributed by atoms with Gasteiger partial charge in [0.1, 0.15) is 5.82 Å². The predicted octanol–water partition coefficient (Wildman–Crippen LogP) is 2.18. The molecule has 1 aliphatic carbocycles. The Balaban J connectivity index is 1.83. The fourth-order valence-electron chi connectivity index (χ4n) is 2.84. The predicted molar refractivity (Wildman–Crippen MR) is 66.3 cm³/mol. The molecule has 1 aliphatic heterocycles. The van der Waals surface area contributed by atoms with E-state index in [9.17, 15) is 4.39 Å². The smallest absolute Gasteiger partial charge is 0.123 e. The van der Waals surface area contributed by atoms with Crippen molar-refractivity contribution in [2.45, 2.75) is 18.9 Å². The molecule has 2 aliphatic rings. The monoisotopic (exact) mass is 234 g/mol. The molecule has 3 rings (SSSR count). The van der Waals surface area contributed by atoms with Crippen LogP contribution in [0.25, 0.3) is 0 Å². The van der Waals surface area contributed by atoms with Crippen LogP contribution in [0.4, 0.5) is 4.39 Å². The number of benzene rings is 1. The largest absolute Gasteiger partial charge is 0.314 e. The van der Waals surface area contributed by atoms with E-state index < -0.39 is 0 Å². The normalized spacial score (nSPS) is 23.6. The lowest BCUT2D eigenvalue weighted by Crippen LogP contribution is -2.45. The molecule has 0 amide bonds. The quantitative estimate of drug-likeness (QED) is 0.862. The van der Waals surface area contributed by atoms with E-state index in [1.807, 2.05) is 6.07 Å². The van der Waals surface area contributed by atoms with Gasteiger partial charge in [0.05, 0.1) is 0 Å². The molecular weight excluding hydrogens is 215 g/mol. The maximum Gasteiger partial charge on any atom is 0.123 e. The van der Waals surface area contributed by atoms with Crippen LogP contribution >= 0.6 is 0 Å². The van der Waals surface area contributed by atoms with Gasteiger partial charge in [-0.05, 0) is 36.5 Å². The van der Waals surface area contributed by atoms with Crippen LogP contribution in [0.2, 0.25) is 0 Å². The molecule has 17 heavy (non-hydrogen) atoms. The zero-order valence-electron chi connectivity index (χ0n) is 10.0. The molecule has 0 unspecified atom stereocenters. The van der Waals surface area contributed by atoms with Gasteiger partial charge < -0.3 is 5.32 Å². The first-order chi connectivity index (χ1) is 8.34. The van der Waals surface area contributed by atoms with Gasteiger partial charge in [-0.2, -0.15) is 0 Å². The zero-order chi connectivity index (χ0) is 11.7. The minimum atomic E-state index is -0.108. The number of hydrogen-bond acceptors (Lipinski definition) is 2. The molecule has 1 N–H and O–H groups in total. The van der Waals surface area contributed by atoms with Crippen LogP contribution in [0.1, 0.15) is 24.4 Å². The molecule has 92 valence electrons. The topological polar surface area (TPSA) is 15.3 Å². The van der Waals surface area contributed by atoms with Gasteiger partial charge in [-0.3, -0.25) is 4.90 Å². The Hall–Kier alpha value is -0.930. The van der Waals surface area contributed by atoms with Crippen molar-refractivity contribution in [3.8, 4) is 0 Å². The molecule has 3 heteroatoms. The number of nitrogens with zero attached hydrogens (tertiary/aromatic N) is 1. The SMILES string of the molecule is Fc1cccc([C@H](C2CC2)N2CCNCC2)c1. The van der Waals surface area contributed by atoms with Gasteiger partial charge in [-0.25, -0.2) is 4.39 Å². The van der Waals surface area contributed by atoms with E-state index in [0.717, 1.165) is 37.7 Å². The van der Waals surface area contributed by atoms with Crippen LogP contribution in [0.3, 0.4) is 0 Å². The second kappa shape index (κ2) is 4.75. The van der Waals surface area contributed by atoms with Gasteiger partial charge in [-0.15, -0.1) is 0 Å². The highest BCUT2D eigenvalue weighted by atomic mass is 19.1. The molecule has 1 saturated carbocycles. The van der Waals surface area contributed by atoms with Crippen LogP contribution < -0.4 is 5.32 Å². The molecule has 2 nitrogen and oxygen atoms in total. The van der Waals surface area contributed by atoms with Crippen LogP contribution in [-0.2, 0) is 0 Å². The van der Waals surface area contributed by atoms with Gasteiger partial charge in [0.15, 0.2) is 0 Å². The van der Waals surface area contributed by atoms with Crippen molar-refractivity contribution in [1.82, 2.24) is 10.2 Å². The number of piperazine rings is 1. The lowest BCUT2D eigenvalue weighted by Gasteiger charge is -2.35. The molecule has 0 radical (unpaired) electrons. The van der Waals surface area contributed by atoms with Crippen LogP contribution in [0, 0.1) is 11.7 Å². The van der Waals surface area contributed by atoms with Crippen molar-refractivity contribution in [3.05, 3.63) is 35.6 Å². The number of rotatable bonds is 3. The number of nitrogens with one attached hydrogen (secondary N) is 1. The van der Waals surface area contributed by atoms with Crippen LogP contribution in [-0.4, -0.2) is 31.1 Å². The van der Waals surface area contributed by atoms with Gasteiger partial charge in [0.2, 0.25) is 0 Å². The van der Waals surface area contributed by atoms with Gasteiger partial charge in [-0.1, -0.05) is 12.1 Å². The van der Waals surface area contributed by atoms with E-state index >= 15 is 0 Å². The third-order valence-corrected chi connectivity index (χ3v) is 3.80. The minimum Gasteiger partial charge on any atom is -0.314 e. The van der Waals surface area contributed by atoms with E-state index in [0.29, 0.717) is 6.04 Å². The van der Waals surface area contributed by atoms with E-state index in [-0.39, 0.29) is 5.82 Å². The summed E-state index contributed by atoms with van der Waals surface area (Å²) in [6.07, 6.45) is 2.59. The first kappa shape index (κ1) is 11.2. The number of halogens is 1. The Bertz CT molecular complexity index is 384.